The Morgan fingerprint density at radius 1 is 0.476 bits per heavy atom. The molecule has 9 heteroatoms. The second-order valence-corrected chi connectivity index (χ2v) is 9.25. The van der Waals surface area contributed by atoms with Crippen LogP contribution in [0.2, 0.25) is 0 Å². The van der Waals surface area contributed by atoms with Crippen molar-refractivity contribution >= 4 is 23.9 Å². The molecular weight excluding hydrogens is 540 g/mol. The first kappa shape index (κ1) is 28.3. The number of hydrogen-bond acceptors (Lipinski definition) is 9. The molecule has 0 spiro atoms. The Morgan fingerprint density at radius 2 is 0.833 bits per heavy atom. The van der Waals surface area contributed by atoms with Gasteiger partial charge in [-0.1, -0.05) is 72.8 Å². The number of benzene rings is 4. The van der Waals surface area contributed by atoms with Crippen molar-refractivity contribution < 1.29 is 42.9 Å². The Balaban J connectivity index is 1.43. The van der Waals surface area contributed by atoms with E-state index in [2.05, 4.69) is 0 Å². The van der Waals surface area contributed by atoms with E-state index in [4.69, 9.17) is 23.7 Å². The molecule has 9 nitrogen and oxygen atoms in total. The second kappa shape index (κ2) is 13.4. The first-order valence-corrected chi connectivity index (χ1v) is 13.2. The molecule has 4 aromatic carbocycles. The maximum absolute atomic E-state index is 13.1. The SMILES string of the molecule is O=C(OC[C@H]1OC(OC(=O)c2ccccc2)[C@@H](OC(=O)c2ccccc2)[C@@H]1OC(=O)c1ccccc1)c1ccccc1. The van der Waals surface area contributed by atoms with E-state index in [1.807, 2.05) is 0 Å². The highest BCUT2D eigenvalue weighted by atomic mass is 16.8. The molecule has 1 fully saturated rings. The van der Waals surface area contributed by atoms with Crippen LogP contribution < -0.4 is 0 Å². The van der Waals surface area contributed by atoms with Gasteiger partial charge < -0.3 is 23.7 Å². The van der Waals surface area contributed by atoms with Crippen LogP contribution in [0.3, 0.4) is 0 Å². The highest BCUT2D eigenvalue weighted by molar-refractivity contribution is 5.91. The van der Waals surface area contributed by atoms with E-state index in [0.717, 1.165) is 0 Å². The molecule has 0 aromatic heterocycles. The van der Waals surface area contributed by atoms with E-state index in [1.165, 1.54) is 0 Å². The van der Waals surface area contributed by atoms with Gasteiger partial charge in [-0.3, -0.25) is 0 Å². The van der Waals surface area contributed by atoms with Gasteiger partial charge in [-0.25, -0.2) is 19.2 Å². The lowest BCUT2D eigenvalue weighted by Gasteiger charge is -2.24. The van der Waals surface area contributed by atoms with Crippen LogP contribution in [0, 0.1) is 0 Å². The number of carbonyl (C=O) groups excluding carboxylic acids is 4. The fourth-order valence-electron chi connectivity index (χ4n) is 4.28. The van der Waals surface area contributed by atoms with Gasteiger partial charge in [-0.2, -0.15) is 0 Å². The number of hydrogen-bond donors (Lipinski definition) is 0. The number of carbonyl (C=O) groups is 4. The van der Waals surface area contributed by atoms with Crippen molar-refractivity contribution in [3.05, 3.63) is 144 Å². The molecule has 0 radical (unpaired) electrons. The zero-order chi connectivity index (χ0) is 29.3. The lowest BCUT2D eigenvalue weighted by atomic mass is 10.1. The highest BCUT2D eigenvalue weighted by Crippen LogP contribution is 2.30. The molecule has 0 amide bonds. The van der Waals surface area contributed by atoms with Gasteiger partial charge in [-0.15, -0.1) is 0 Å². The van der Waals surface area contributed by atoms with E-state index in [1.54, 1.807) is 121 Å². The van der Waals surface area contributed by atoms with Crippen molar-refractivity contribution in [3.63, 3.8) is 0 Å². The molecule has 4 atom stereocenters. The summed E-state index contributed by atoms with van der Waals surface area (Å²) in [5, 5.41) is 0. The van der Waals surface area contributed by atoms with Gasteiger partial charge >= 0.3 is 23.9 Å². The van der Waals surface area contributed by atoms with Gasteiger partial charge in [0.25, 0.3) is 0 Å². The number of rotatable bonds is 9. The first-order chi connectivity index (χ1) is 20.5. The van der Waals surface area contributed by atoms with Gasteiger partial charge in [0.2, 0.25) is 12.4 Å². The summed E-state index contributed by atoms with van der Waals surface area (Å²) in [5.41, 5.74) is 0.978. The van der Waals surface area contributed by atoms with Gasteiger partial charge in [-0.05, 0) is 48.5 Å². The molecule has 4 aromatic rings. The topological polar surface area (TPSA) is 114 Å². The molecule has 42 heavy (non-hydrogen) atoms. The molecule has 1 heterocycles. The minimum atomic E-state index is -1.49. The van der Waals surface area contributed by atoms with E-state index < -0.39 is 48.5 Å². The Hall–Kier alpha value is -5.28. The summed E-state index contributed by atoms with van der Waals surface area (Å²) in [6.45, 7) is -0.390. The first-order valence-electron chi connectivity index (χ1n) is 13.2. The predicted octanol–water partition coefficient (Wildman–Crippen LogP) is 4.88. The zero-order valence-corrected chi connectivity index (χ0v) is 22.2. The van der Waals surface area contributed by atoms with Crippen LogP contribution in [0.1, 0.15) is 41.4 Å². The lowest BCUT2D eigenvalue weighted by molar-refractivity contribution is -0.141. The van der Waals surface area contributed by atoms with E-state index in [0.29, 0.717) is 5.56 Å². The summed E-state index contributed by atoms with van der Waals surface area (Å²) in [5.74, 6) is -2.89. The molecule has 1 aliphatic heterocycles. The standard InChI is InChI=1S/C33H26O9/c34-29(22-13-5-1-6-14-22)38-21-26-27(40-30(35)23-15-7-2-8-16-23)28(41-31(36)24-17-9-3-10-18-24)33(39-26)42-32(37)25-19-11-4-12-20-25/h1-20,26-28,33H,21H2/t26-,27-,28+,33?/m1/s1. The van der Waals surface area contributed by atoms with E-state index in [-0.39, 0.29) is 23.3 Å². The van der Waals surface area contributed by atoms with Crippen molar-refractivity contribution in [1.29, 1.82) is 0 Å². The van der Waals surface area contributed by atoms with Gasteiger partial charge in [0, 0.05) is 0 Å². The average Bonchev–Trinajstić information content (AvgIpc) is 3.35. The van der Waals surface area contributed by atoms with Crippen LogP contribution in [0.15, 0.2) is 121 Å². The fraction of sp³-hybridized carbons (Fsp3) is 0.152. The van der Waals surface area contributed by atoms with Crippen molar-refractivity contribution in [2.24, 2.45) is 0 Å². The Kier molecular flexibility index (Phi) is 9.00. The van der Waals surface area contributed by atoms with Crippen LogP contribution >= 0.6 is 0 Å². The normalized spacial score (nSPS) is 19.3. The quantitative estimate of drug-likeness (QED) is 0.207. The maximum atomic E-state index is 13.1. The largest absolute Gasteiger partial charge is 0.459 e. The van der Waals surface area contributed by atoms with E-state index in [9.17, 15) is 19.2 Å². The molecule has 5 rings (SSSR count). The molecule has 1 saturated heterocycles. The van der Waals surface area contributed by atoms with Crippen LogP contribution in [0.25, 0.3) is 0 Å². The molecule has 0 N–H and O–H groups in total. The van der Waals surface area contributed by atoms with Crippen LogP contribution in [0.4, 0.5) is 0 Å². The summed E-state index contributed by atoms with van der Waals surface area (Å²) in [4.78, 5) is 51.9. The third kappa shape index (κ3) is 6.89. The number of ether oxygens (including phenoxy) is 5. The lowest BCUT2D eigenvalue weighted by Crippen LogP contribution is -2.42. The molecule has 0 saturated carbocycles. The van der Waals surface area contributed by atoms with Crippen molar-refractivity contribution in [3.8, 4) is 0 Å². The minimum Gasteiger partial charge on any atom is -0.459 e. The summed E-state index contributed by atoms with van der Waals surface area (Å²) in [7, 11) is 0. The summed E-state index contributed by atoms with van der Waals surface area (Å²) >= 11 is 0. The summed E-state index contributed by atoms with van der Waals surface area (Å²) < 4.78 is 28.6. The fourth-order valence-corrected chi connectivity index (χ4v) is 4.28. The van der Waals surface area contributed by atoms with Crippen molar-refractivity contribution in [2.45, 2.75) is 24.6 Å². The Morgan fingerprint density at radius 3 is 1.26 bits per heavy atom. The zero-order valence-electron chi connectivity index (χ0n) is 22.2. The summed E-state index contributed by atoms with van der Waals surface area (Å²) in [6, 6.07) is 32.8. The third-order valence-electron chi connectivity index (χ3n) is 6.39. The second-order valence-electron chi connectivity index (χ2n) is 9.25. The molecule has 1 unspecified atom stereocenters. The van der Waals surface area contributed by atoms with Crippen LogP contribution in [0.5, 0.6) is 0 Å². The van der Waals surface area contributed by atoms with Gasteiger partial charge in [0.1, 0.15) is 12.7 Å². The van der Waals surface area contributed by atoms with Crippen LogP contribution in [-0.2, 0) is 23.7 Å². The minimum absolute atomic E-state index is 0.220. The molecule has 1 aliphatic rings. The molecular formula is C33H26O9. The van der Waals surface area contributed by atoms with E-state index >= 15 is 0 Å². The third-order valence-corrected chi connectivity index (χ3v) is 6.39. The Bertz CT molecular complexity index is 1510. The molecule has 0 bridgehead atoms. The van der Waals surface area contributed by atoms with Crippen molar-refractivity contribution in [1.82, 2.24) is 0 Å². The van der Waals surface area contributed by atoms with Crippen molar-refractivity contribution in [2.75, 3.05) is 6.61 Å². The molecule has 212 valence electrons. The smallest absolute Gasteiger partial charge is 0.340 e. The monoisotopic (exact) mass is 566 g/mol. The Labute approximate surface area is 241 Å². The number of esters is 4. The highest BCUT2D eigenvalue weighted by Gasteiger charge is 2.52. The predicted molar refractivity (Wildman–Crippen MR) is 149 cm³/mol. The average molecular weight is 567 g/mol. The maximum Gasteiger partial charge on any atom is 0.340 e. The van der Waals surface area contributed by atoms with Gasteiger partial charge in [0.05, 0.1) is 22.3 Å². The van der Waals surface area contributed by atoms with Crippen LogP contribution in [-0.4, -0.2) is 55.1 Å². The summed E-state index contributed by atoms with van der Waals surface area (Å²) in [6.07, 6.45) is -5.33. The van der Waals surface area contributed by atoms with Gasteiger partial charge in [0.15, 0.2) is 6.10 Å². The molecule has 0 aliphatic carbocycles.